The van der Waals surface area contributed by atoms with Crippen LogP contribution in [-0.2, 0) is 10.0 Å². The highest BCUT2D eigenvalue weighted by atomic mass is 32.2. The predicted molar refractivity (Wildman–Crippen MR) is 132 cm³/mol. The van der Waals surface area contributed by atoms with Crippen molar-refractivity contribution in [2.75, 3.05) is 17.9 Å². The molecule has 0 aromatic heterocycles. The van der Waals surface area contributed by atoms with Gasteiger partial charge in [-0.3, -0.25) is 4.72 Å². The molecule has 3 aromatic carbocycles. The van der Waals surface area contributed by atoms with E-state index in [9.17, 15) is 18.3 Å². The number of rotatable bonds is 9. The smallest absolute Gasteiger partial charge is 0.339 e. The molecule has 3 rings (SSSR count). The topological polar surface area (TPSA) is 102 Å². The number of para-hydroxylation sites is 1. The third-order valence-electron chi connectivity index (χ3n) is 6.03. The Hall–Kier alpha value is -3.52. The van der Waals surface area contributed by atoms with Crippen LogP contribution in [0.2, 0.25) is 0 Å². The van der Waals surface area contributed by atoms with Crippen molar-refractivity contribution in [1.29, 1.82) is 0 Å². The fourth-order valence-electron chi connectivity index (χ4n) is 3.77. The van der Waals surface area contributed by atoms with E-state index in [4.69, 9.17) is 9.47 Å². The summed E-state index contributed by atoms with van der Waals surface area (Å²) < 4.78 is 40.1. The highest BCUT2D eigenvalue weighted by molar-refractivity contribution is 7.92. The van der Waals surface area contributed by atoms with E-state index in [0.717, 1.165) is 27.8 Å². The second kappa shape index (κ2) is 10.2. The molecule has 180 valence electrons. The molecule has 34 heavy (non-hydrogen) atoms. The van der Waals surface area contributed by atoms with Crippen molar-refractivity contribution in [2.45, 2.75) is 39.5 Å². The number of hydrogen-bond acceptors (Lipinski definition) is 5. The third kappa shape index (κ3) is 5.34. The number of ether oxygens (including phenoxy) is 2. The standard InChI is InChI=1S/C26H29NO6S/c1-16-17(2)19(4)25(20(5)18(16)3)34(30,31)27-21-10-12-22(13-11-21)32-14-15-33-24-9-7-6-8-23(24)26(28)29/h6-13,27H,14-15H2,1-5H3,(H,28,29). The molecule has 2 N–H and O–H groups in total. The maximum atomic E-state index is 13.2. The van der Waals surface area contributed by atoms with Crippen molar-refractivity contribution in [2.24, 2.45) is 0 Å². The molecule has 0 aliphatic carbocycles. The molecule has 0 radical (unpaired) electrons. The second-order valence-electron chi connectivity index (χ2n) is 8.08. The average molecular weight is 484 g/mol. The van der Waals surface area contributed by atoms with Crippen LogP contribution in [0.25, 0.3) is 0 Å². The van der Waals surface area contributed by atoms with E-state index >= 15 is 0 Å². The zero-order valence-corrected chi connectivity index (χ0v) is 20.7. The van der Waals surface area contributed by atoms with Gasteiger partial charge in [0.1, 0.15) is 30.3 Å². The van der Waals surface area contributed by atoms with Crippen LogP contribution in [0.3, 0.4) is 0 Å². The molecule has 8 heteroatoms. The predicted octanol–water partition coefficient (Wildman–Crippen LogP) is 5.19. The minimum absolute atomic E-state index is 0.0866. The first-order valence-electron chi connectivity index (χ1n) is 10.8. The van der Waals surface area contributed by atoms with Gasteiger partial charge >= 0.3 is 5.97 Å². The lowest BCUT2D eigenvalue weighted by Gasteiger charge is -2.19. The lowest BCUT2D eigenvalue weighted by atomic mass is 9.95. The first-order valence-corrected chi connectivity index (χ1v) is 12.3. The number of hydrogen-bond donors (Lipinski definition) is 2. The summed E-state index contributed by atoms with van der Waals surface area (Å²) in [5.74, 6) is -0.251. The molecule has 0 saturated heterocycles. The van der Waals surface area contributed by atoms with Gasteiger partial charge in [0.15, 0.2) is 0 Å². The van der Waals surface area contributed by atoms with Crippen LogP contribution in [-0.4, -0.2) is 32.7 Å². The van der Waals surface area contributed by atoms with Crippen LogP contribution < -0.4 is 14.2 Å². The molecule has 0 bridgehead atoms. The highest BCUT2D eigenvalue weighted by Gasteiger charge is 2.23. The molecule has 0 saturated carbocycles. The Kier molecular flexibility index (Phi) is 7.51. The molecule has 0 unspecified atom stereocenters. The van der Waals surface area contributed by atoms with Crippen molar-refractivity contribution in [3.63, 3.8) is 0 Å². The van der Waals surface area contributed by atoms with Crippen LogP contribution in [0.15, 0.2) is 53.4 Å². The Balaban J connectivity index is 1.64. The Morgan fingerprint density at radius 1 is 0.794 bits per heavy atom. The zero-order chi connectivity index (χ0) is 25.0. The fraction of sp³-hybridized carbons (Fsp3) is 0.269. The monoisotopic (exact) mass is 483 g/mol. The fourth-order valence-corrected chi connectivity index (χ4v) is 5.44. The van der Waals surface area contributed by atoms with Gasteiger partial charge in [-0.25, -0.2) is 13.2 Å². The van der Waals surface area contributed by atoms with E-state index in [2.05, 4.69) is 4.72 Å². The zero-order valence-electron chi connectivity index (χ0n) is 19.9. The number of anilines is 1. The van der Waals surface area contributed by atoms with E-state index in [-0.39, 0.29) is 24.5 Å². The number of carboxylic acid groups (broad SMARTS) is 1. The molecule has 7 nitrogen and oxygen atoms in total. The van der Waals surface area contributed by atoms with E-state index in [1.54, 1.807) is 42.5 Å². The molecule has 0 atom stereocenters. The summed E-state index contributed by atoms with van der Waals surface area (Å²) in [6.45, 7) is 9.89. The summed E-state index contributed by atoms with van der Waals surface area (Å²) in [6, 6.07) is 13.0. The maximum absolute atomic E-state index is 13.2. The van der Waals surface area contributed by atoms with Crippen molar-refractivity contribution in [1.82, 2.24) is 0 Å². The first-order chi connectivity index (χ1) is 16.0. The van der Waals surface area contributed by atoms with Crippen LogP contribution in [0.1, 0.15) is 38.2 Å². The van der Waals surface area contributed by atoms with Crippen molar-refractivity contribution < 1.29 is 27.8 Å². The Bertz CT molecular complexity index is 1280. The summed E-state index contributed by atoms with van der Waals surface area (Å²) in [7, 11) is -3.77. The first kappa shape index (κ1) is 25.1. The Labute approximate surface area is 200 Å². The van der Waals surface area contributed by atoms with E-state index in [0.29, 0.717) is 16.3 Å². The number of aromatic carboxylic acids is 1. The van der Waals surface area contributed by atoms with E-state index < -0.39 is 16.0 Å². The summed E-state index contributed by atoms with van der Waals surface area (Å²) >= 11 is 0. The van der Waals surface area contributed by atoms with E-state index in [1.807, 2.05) is 34.6 Å². The number of benzene rings is 3. The van der Waals surface area contributed by atoms with Crippen LogP contribution in [0.4, 0.5) is 5.69 Å². The number of carboxylic acids is 1. The van der Waals surface area contributed by atoms with Crippen LogP contribution in [0.5, 0.6) is 11.5 Å². The largest absolute Gasteiger partial charge is 0.490 e. The summed E-state index contributed by atoms with van der Waals surface area (Å²) in [4.78, 5) is 11.5. The minimum Gasteiger partial charge on any atom is -0.490 e. The molecular weight excluding hydrogens is 454 g/mol. The second-order valence-corrected chi connectivity index (χ2v) is 9.70. The highest BCUT2D eigenvalue weighted by Crippen LogP contribution is 2.31. The molecule has 0 amide bonds. The molecule has 0 aliphatic rings. The van der Waals surface area contributed by atoms with Gasteiger partial charge in [-0.05, 0) is 98.8 Å². The van der Waals surface area contributed by atoms with Gasteiger partial charge in [0.25, 0.3) is 10.0 Å². The molecular formula is C26H29NO6S. The van der Waals surface area contributed by atoms with Gasteiger partial charge in [-0.2, -0.15) is 0 Å². The van der Waals surface area contributed by atoms with Gasteiger partial charge in [0, 0.05) is 5.69 Å². The lowest BCUT2D eigenvalue weighted by molar-refractivity contribution is 0.0691. The van der Waals surface area contributed by atoms with Crippen LogP contribution in [0, 0.1) is 34.6 Å². The quantitative estimate of drug-likeness (QED) is 0.406. The molecule has 0 aliphatic heterocycles. The van der Waals surface area contributed by atoms with Gasteiger partial charge in [-0.1, -0.05) is 12.1 Å². The van der Waals surface area contributed by atoms with Crippen molar-refractivity contribution >= 4 is 21.7 Å². The normalized spacial score (nSPS) is 11.2. The number of sulfonamides is 1. The summed E-state index contributed by atoms with van der Waals surface area (Å²) in [5.41, 5.74) is 5.05. The Morgan fingerprint density at radius 2 is 1.32 bits per heavy atom. The average Bonchev–Trinajstić information content (AvgIpc) is 2.80. The lowest BCUT2D eigenvalue weighted by Crippen LogP contribution is -2.17. The summed E-state index contributed by atoms with van der Waals surface area (Å²) in [6.07, 6.45) is 0. The molecule has 3 aromatic rings. The van der Waals surface area contributed by atoms with Gasteiger partial charge in [-0.15, -0.1) is 0 Å². The van der Waals surface area contributed by atoms with Crippen molar-refractivity contribution in [3.05, 3.63) is 81.9 Å². The van der Waals surface area contributed by atoms with Gasteiger partial charge < -0.3 is 14.6 Å². The third-order valence-corrected chi connectivity index (χ3v) is 7.69. The van der Waals surface area contributed by atoms with Crippen LogP contribution >= 0.6 is 0 Å². The minimum atomic E-state index is -3.77. The molecule has 0 heterocycles. The molecule has 0 spiro atoms. The van der Waals surface area contributed by atoms with Gasteiger partial charge in [0.2, 0.25) is 0 Å². The van der Waals surface area contributed by atoms with Gasteiger partial charge in [0.05, 0.1) is 4.90 Å². The van der Waals surface area contributed by atoms with Crippen molar-refractivity contribution in [3.8, 4) is 11.5 Å². The maximum Gasteiger partial charge on any atom is 0.339 e. The number of carbonyl (C=O) groups is 1. The van der Waals surface area contributed by atoms with E-state index in [1.165, 1.54) is 6.07 Å². The number of nitrogens with one attached hydrogen (secondary N) is 1. The SMILES string of the molecule is Cc1c(C)c(C)c(S(=O)(=O)Nc2ccc(OCCOc3ccccc3C(=O)O)cc2)c(C)c1C. The molecule has 0 fully saturated rings. The Morgan fingerprint density at radius 3 is 1.91 bits per heavy atom. The summed E-state index contributed by atoms with van der Waals surface area (Å²) in [5, 5.41) is 9.19.